The van der Waals surface area contributed by atoms with E-state index in [9.17, 15) is 4.79 Å². The van der Waals surface area contributed by atoms with E-state index in [1.807, 2.05) is 0 Å². The number of carbonyl (C=O) groups is 1. The zero-order valence-electron chi connectivity index (χ0n) is 9.04. The normalized spacial score (nSPS) is 31.5. The first-order valence-electron chi connectivity index (χ1n) is 5.36. The van der Waals surface area contributed by atoms with E-state index in [0.29, 0.717) is 19.7 Å². The molecule has 0 aromatic carbocycles. The smallest absolute Gasteiger partial charge is 0.407 e. The lowest BCUT2D eigenvalue weighted by atomic mass is 9.86. The van der Waals surface area contributed by atoms with E-state index in [-0.39, 0.29) is 5.92 Å². The number of carboxylic acid groups (broad SMARTS) is 1. The van der Waals surface area contributed by atoms with Crippen LogP contribution < -0.4 is 5.48 Å². The number of hydroxylamine groups is 1. The fraction of sp³-hybridized carbons (Fsp3) is 0.500. The van der Waals surface area contributed by atoms with Crippen molar-refractivity contribution in [1.82, 2.24) is 20.3 Å². The summed E-state index contributed by atoms with van der Waals surface area (Å²) >= 11 is 0. The summed E-state index contributed by atoms with van der Waals surface area (Å²) in [6, 6.07) is 0. The lowest BCUT2D eigenvalue weighted by Gasteiger charge is -2.25. The predicted molar refractivity (Wildman–Crippen MR) is 55.9 cm³/mol. The molecule has 7 nitrogen and oxygen atoms in total. The van der Waals surface area contributed by atoms with E-state index in [1.165, 1.54) is 4.90 Å². The second-order valence-electron chi connectivity index (χ2n) is 4.34. The third-order valence-electron chi connectivity index (χ3n) is 3.41. The Kier molecular flexibility index (Phi) is 2.23. The van der Waals surface area contributed by atoms with Gasteiger partial charge in [-0.25, -0.2) is 4.79 Å². The summed E-state index contributed by atoms with van der Waals surface area (Å²) in [4.78, 5) is 26.0. The third kappa shape index (κ3) is 1.47. The summed E-state index contributed by atoms with van der Waals surface area (Å²) < 4.78 is 0. The van der Waals surface area contributed by atoms with Gasteiger partial charge in [0.1, 0.15) is 5.54 Å². The minimum Gasteiger partial charge on any atom is -0.465 e. The van der Waals surface area contributed by atoms with Crippen molar-refractivity contribution >= 4 is 6.09 Å². The standard InChI is InChI=1S/C10H12N4O3/c15-9(16)14-4-7-5-17-13-10(7,6-14)8-3-11-1-2-12-8/h1-3,7,13H,4-6H2,(H,15,16). The summed E-state index contributed by atoms with van der Waals surface area (Å²) in [6.45, 7) is 1.28. The maximum atomic E-state index is 11.0. The highest BCUT2D eigenvalue weighted by Gasteiger charge is 2.54. The van der Waals surface area contributed by atoms with Crippen LogP contribution in [0, 0.1) is 5.92 Å². The Bertz CT molecular complexity index is 440. The van der Waals surface area contributed by atoms with Gasteiger partial charge in [-0.1, -0.05) is 0 Å². The zero-order valence-corrected chi connectivity index (χ0v) is 9.04. The molecule has 0 aliphatic carbocycles. The van der Waals surface area contributed by atoms with Gasteiger partial charge in [0.15, 0.2) is 0 Å². The van der Waals surface area contributed by atoms with Crippen LogP contribution in [0.1, 0.15) is 5.69 Å². The highest BCUT2D eigenvalue weighted by Crippen LogP contribution is 2.39. The van der Waals surface area contributed by atoms with Gasteiger partial charge >= 0.3 is 6.09 Å². The van der Waals surface area contributed by atoms with Crippen molar-refractivity contribution in [2.75, 3.05) is 19.7 Å². The van der Waals surface area contributed by atoms with E-state index in [2.05, 4.69) is 15.4 Å². The largest absolute Gasteiger partial charge is 0.465 e. The van der Waals surface area contributed by atoms with Crippen molar-refractivity contribution in [2.45, 2.75) is 5.54 Å². The molecule has 2 saturated heterocycles. The maximum absolute atomic E-state index is 11.0. The topological polar surface area (TPSA) is 87.6 Å². The maximum Gasteiger partial charge on any atom is 0.407 e. The number of rotatable bonds is 1. The Morgan fingerprint density at radius 1 is 1.65 bits per heavy atom. The highest BCUT2D eigenvalue weighted by atomic mass is 16.7. The first kappa shape index (κ1) is 10.4. The van der Waals surface area contributed by atoms with E-state index < -0.39 is 11.6 Å². The van der Waals surface area contributed by atoms with Crippen LogP contribution in [0.4, 0.5) is 4.79 Å². The van der Waals surface area contributed by atoms with Gasteiger partial charge in [0.05, 0.1) is 25.0 Å². The first-order valence-corrected chi connectivity index (χ1v) is 5.36. The molecule has 3 rings (SSSR count). The van der Waals surface area contributed by atoms with Crippen LogP contribution in [-0.2, 0) is 10.4 Å². The molecule has 3 heterocycles. The third-order valence-corrected chi connectivity index (χ3v) is 3.41. The monoisotopic (exact) mass is 236 g/mol. The molecule has 2 N–H and O–H groups in total. The van der Waals surface area contributed by atoms with Crippen LogP contribution in [0.25, 0.3) is 0 Å². The van der Waals surface area contributed by atoms with E-state index in [4.69, 9.17) is 9.94 Å². The molecule has 0 bridgehead atoms. The summed E-state index contributed by atoms with van der Waals surface area (Å²) in [7, 11) is 0. The van der Waals surface area contributed by atoms with Crippen LogP contribution in [-0.4, -0.2) is 45.8 Å². The summed E-state index contributed by atoms with van der Waals surface area (Å²) in [5.74, 6) is 0.0790. The molecule has 2 unspecified atom stereocenters. The number of likely N-dealkylation sites (tertiary alicyclic amines) is 1. The fourth-order valence-electron chi connectivity index (χ4n) is 2.52. The number of hydrogen-bond donors (Lipinski definition) is 2. The number of fused-ring (bicyclic) bond motifs is 1. The van der Waals surface area contributed by atoms with E-state index in [0.717, 1.165) is 5.69 Å². The predicted octanol–water partition coefficient (Wildman–Crippen LogP) is -0.184. The van der Waals surface area contributed by atoms with Crippen molar-refractivity contribution < 1.29 is 14.7 Å². The minimum absolute atomic E-state index is 0.0790. The van der Waals surface area contributed by atoms with Gasteiger partial charge in [-0.15, -0.1) is 0 Å². The number of nitrogens with one attached hydrogen (secondary N) is 1. The summed E-state index contributed by atoms with van der Waals surface area (Å²) in [5.41, 5.74) is 3.10. The van der Waals surface area contributed by atoms with Gasteiger partial charge in [0.25, 0.3) is 0 Å². The molecule has 0 radical (unpaired) electrons. The number of nitrogens with zero attached hydrogens (tertiary/aromatic N) is 3. The SMILES string of the molecule is O=C(O)N1CC2CONC2(c2cnccn2)C1. The van der Waals surface area contributed by atoms with Crippen molar-refractivity contribution in [3.63, 3.8) is 0 Å². The molecular weight excluding hydrogens is 224 g/mol. The van der Waals surface area contributed by atoms with Crippen LogP contribution >= 0.6 is 0 Å². The molecule has 1 aromatic rings. The zero-order chi connectivity index (χ0) is 11.9. The molecule has 0 saturated carbocycles. The molecule has 0 spiro atoms. The molecule has 2 atom stereocenters. The van der Waals surface area contributed by atoms with Gasteiger partial charge in [-0.05, 0) is 0 Å². The Labute approximate surface area is 97.4 Å². The van der Waals surface area contributed by atoms with Crippen molar-refractivity contribution in [1.29, 1.82) is 0 Å². The molecule has 17 heavy (non-hydrogen) atoms. The van der Waals surface area contributed by atoms with Crippen LogP contribution in [0.3, 0.4) is 0 Å². The molecule has 7 heteroatoms. The summed E-state index contributed by atoms with van der Waals surface area (Å²) in [6.07, 6.45) is 3.93. The minimum atomic E-state index is -0.913. The Morgan fingerprint density at radius 3 is 3.24 bits per heavy atom. The van der Waals surface area contributed by atoms with E-state index >= 15 is 0 Å². The Morgan fingerprint density at radius 2 is 2.53 bits per heavy atom. The molecule has 2 aliphatic rings. The molecular formula is C10H12N4O3. The molecule has 1 amide bonds. The average Bonchev–Trinajstić information content (AvgIpc) is 2.87. The van der Waals surface area contributed by atoms with E-state index in [1.54, 1.807) is 18.6 Å². The van der Waals surface area contributed by atoms with Crippen molar-refractivity contribution in [3.8, 4) is 0 Å². The molecule has 2 fully saturated rings. The van der Waals surface area contributed by atoms with Crippen LogP contribution in [0.5, 0.6) is 0 Å². The molecule has 90 valence electrons. The van der Waals surface area contributed by atoms with Gasteiger partial charge in [-0.3, -0.25) is 9.97 Å². The van der Waals surface area contributed by atoms with Crippen LogP contribution in [0.2, 0.25) is 0 Å². The van der Waals surface area contributed by atoms with Crippen molar-refractivity contribution in [2.24, 2.45) is 5.92 Å². The van der Waals surface area contributed by atoms with Crippen LogP contribution in [0.15, 0.2) is 18.6 Å². The second kappa shape index (κ2) is 3.64. The lowest BCUT2D eigenvalue weighted by molar-refractivity contribution is 0.0466. The van der Waals surface area contributed by atoms with Gasteiger partial charge in [0, 0.05) is 24.9 Å². The molecule has 2 aliphatic heterocycles. The fourth-order valence-corrected chi connectivity index (χ4v) is 2.52. The Hall–Kier alpha value is -1.73. The lowest BCUT2D eigenvalue weighted by Crippen LogP contribution is -2.44. The first-order chi connectivity index (χ1) is 8.22. The second-order valence-corrected chi connectivity index (χ2v) is 4.34. The highest BCUT2D eigenvalue weighted by molar-refractivity contribution is 5.66. The van der Waals surface area contributed by atoms with Gasteiger partial charge in [-0.2, -0.15) is 5.48 Å². The van der Waals surface area contributed by atoms with Crippen molar-refractivity contribution in [3.05, 3.63) is 24.3 Å². The quantitative estimate of drug-likeness (QED) is 0.703. The van der Waals surface area contributed by atoms with Gasteiger partial charge in [0.2, 0.25) is 0 Å². The summed E-state index contributed by atoms with van der Waals surface area (Å²) in [5, 5.41) is 9.05. The van der Waals surface area contributed by atoms with Gasteiger partial charge < -0.3 is 14.8 Å². The Balaban J connectivity index is 1.97. The number of aromatic nitrogens is 2. The average molecular weight is 236 g/mol. The number of hydrogen-bond acceptors (Lipinski definition) is 5. The number of amides is 1. The molecule has 1 aromatic heterocycles.